The van der Waals surface area contributed by atoms with Gasteiger partial charge in [-0.1, -0.05) is 18.2 Å². The van der Waals surface area contributed by atoms with E-state index >= 15 is 0 Å². The molecule has 0 bridgehead atoms. The van der Waals surface area contributed by atoms with Crippen LogP contribution in [0.2, 0.25) is 0 Å². The molecular weight excluding hydrogens is 244 g/mol. The Bertz CT molecular complexity index is 407. The predicted molar refractivity (Wildman–Crippen MR) is 75.2 cm³/mol. The molecule has 0 aliphatic heterocycles. The molecule has 0 aromatic heterocycles. The van der Waals surface area contributed by atoms with Crippen LogP contribution in [0.1, 0.15) is 25.8 Å². The Kier molecular flexibility index (Phi) is 6.45. The highest BCUT2D eigenvalue weighted by Gasteiger charge is 2.14. The molecular formula is C14H22N2O3. The Hall–Kier alpha value is -1.46. The molecule has 0 spiro atoms. The van der Waals surface area contributed by atoms with E-state index in [-0.39, 0.29) is 17.2 Å². The first-order chi connectivity index (χ1) is 9.06. The minimum absolute atomic E-state index is 0.175. The number of aliphatic hydroxyl groups is 1. The van der Waals surface area contributed by atoms with Crippen LogP contribution in [0.5, 0.6) is 0 Å². The third-order valence-electron chi connectivity index (χ3n) is 3.19. The van der Waals surface area contributed by atoms with Gasteiger partial charge in [-0.3, -0.25) is 10.1 Å². The second kappa shape index (κ2) is 7.86. The lowest BCUT2D eigenvalue weighted by Crippen LogP contribution is -2.34. The number of nitrogens with zero attached hydrogens (tertiary/aromatic N) is 2. The molecule has 0 saturated carbocycles. The van der Waals surface area contributed by atoms with Crippen LogP contribution in [0.3, 0.4) is 0 Å². The number of nitro benzene ring substituents is 1. The van der Waals surface area contributed by atoms with Gasteiger partial charge in [-0.05, 0) is 26.7 Å². The van der Waals surface area contributed by atoms with E-state index in [0.717, 1.165) is 25.1 Å². The van der Waals surface area contributed by atoms with E-state index < -0.39 is 0 Å². The maximum atomic E-state index is 10.9. The topological polar surface area (TPSA) is 66.6 Å². The van der Waals surface area contributed by atoms with Crippen LogP contribution in [-0.4, -0.2) is 40.7 Å². The summed E-state index contributed by atoms with van der Waals surface area (Å²) in [6.07, 6.45) is 1.38. The van der Waals surface area contributed by atoms with E-state index in [1.165, 1.54) is 0 Å². The molecule has 1 aromatic rings. The molecule has 0 unspecified atom stereocenters. The molecule has 0 heterocycles. The van der Waals surface area contributed by atoms with Crippen molar-refractivity contribution in [1.29, 1.82) is 0 Å². The van der Waals surface area contributed by atoms with E-state index in [0.29, 0.717) is 12.5 Å². The fraction of sp³-hybridized carbons (Fsp3) is 0.571. The van der Waals surface area contributed by atoms with Gasteiger partial charge in [-0.25, -0.2) is 0 Å². The monoisotopic (exact) mass is 266 g/mol. The van der Waals surface area contributed by atoms with Crippen molar-refractivity contribution >= 4 is 5.69 Å². The van der Waals surface area contributed by atoms with Crippen LogP contribution >= 0.6 is 0 Å². The second-order valence-corrected chi connectivity index (χ2v) is 4.84. The maximum Gasteiger partial charge on any atom is 0.272 e. The van der Waals surface area contributed by atoms with Gasteiger partial charge in [0.05, 0.1) is 4.92 Å². The molecule has 1 aromatic carbocycles. The van der Waals surface area contributed by atoms with E-state index in [1.807, 2.05) is 12.1 Å². The van der Waals surface area contributed by atoms with Gasteiger partial charge in [0.25, 0.3) is 5.69 Å². The standard InChI is InChI=1S/C14H22N2O3/c1-12(2)15(9-5-11-17)10-8-13-6-3-4-7-14(13)16(18)19/h3-4,6-7,12,17H,5,8-11H2,1-2H3. The lowest BCUT2D eigenvalue weighted by atomic mass is 10.1. The normalized spacial score (nSPS) is 11.2. The summed E-state index contributed by atoms with van der Waals surface area (Å²) in [5, 5.41) is 19.8. The summed E-state index contributed by atoms with van der Waals surface area (Å²) in [7, 11) is 0. The predicted octanol–water partition coefficient (Wildman–Crippen LogP) is 2.23. The van der Waals surface area contributed by atoms with Gasteiger partial charge in [0.2, 0.25) is 0 Å². The smallest absolute Gasteiger partial charge is 0.272 e. The molecule has 0 radical (unpaired) electrons. The molecule has 0 aliphatic carbocycles. The summed E-state index contributed by atoms with van der Waals surface area (Å²) in [5.74, 6) is 0. The van der Waals surface area contributed by atoms with Crippen LogP contribution in [0, 0.1) is 10.1 Å². The van der Waals surface area contributed by atoms with Gasteiger partial charge in [-0.15, -0.1) is 0 Å². The van der Waals surface area contributed by atoms with Crippen molar-refractivity contribution < 1.29 is 10.0 Å². The quantitative estimate of drug-likeness (QED) is 0.579. The van der Waals surface area contributed by atoms with E-state index in [1.54, 1.807) is 12.1 Å². The summed E-state index contributed by atoms with van der Waals surface area (Å²) in [6, 6.07) is 7.24. The van der Waals surface area contributed by atoms with Crippen LogP contribution < -0.4 is 0 Å². The van der Waals surface area contributed by atoms with Gasteiger partial charge in [0.15, 0.2) is 0 Å². The summed E-state index contributed by atoms with van der Waals surface area (Å²) in [6.45, 7) is 5.94. The molecule has 0 fully saturated rings. The van der Waals surface area contributed by atoms with Gasteiger partial charge in [0, 0.05) is 37.4 Å². The third kappa shape index (κ3) is 4.96. The average molecular weight is 266 g/mol. The van der Waals surface area contributed by atoms with Crippen molar-refractivity contribution in [3.8, 4) is 0 Å². The number of hydrogen-bond acceptors (Lipinski definition) is 4. The fourth-order valence-electron chi connectivity index (χ4n) is 2.07. The molecule has 1 rings (SSSR count). The van der Waals surface area contributed by atoms with Gasteiger partial charge < -0.3 is 10.0 Å². The van der Waals surface area contributed by atoms with Gasteiger partial charge in [0.1, 0.15) is 0 Å². The molecule has 1 N–H and O–H groups in total. The number of benzene rings is 1. The minimum Gasteiger partial charge on any atom is -0.396 e. The molecule has 5 nitrogen and oxygen atoms in total. The Morgan fingerprint density at radius 1 is 1.32 bits per heavy atom. The lowest BCUT2D eigenvalue weighted by Gasteiger charge is -2.26. The fourth-order valence-corrected chi connectivity index (χ4v) is 2.07. The van der Waals surface area contributed by atoms with Crippen molar-refractivity contribution in [3.05, 3.63) is 39.9 Å². The number of rotatable bonds is 8. The molecule has 0 saturated heterocycles. The van der Waals surface area contributed by atoms with Crippen LogP contribution in [-0.2, 0) is 6.42 Å². The number of nitro groups is 1. The zero-order chi connectivity index (χ0) is 14.3. The van der Waals surface area contributed by atoms with Crippen molar-refractivity contribution in [1.82, 2.24) is 4.90 Å². The Morgan fingerprint density at radius 2 is 2.00 bits per heavy atom. The first kappa shape index (κ1) is 15.6. The number of hydrogen-bond donors (Lipinski definition) is 1. The zero-order valence-corrected chi connectivity index (χ0v) is 11.6. The summed E-state index contributed by atoms with van der Waals surface area (Å²) < 4.78 is 0. The molecule has 106 valence electrons. The van der Waals surface area contributed by atoms with Crippen molar-refractivity contribution in [3.63, 3.8) is 0 Å². The van der Waals surface area contributed by atoms with Crippen molar-refractivity contribution in [2.24, 2.45) is 0 Å². The highest BCUT2D eigenvalue weighted by molar-refractivity contribution is 5.39. The Morgan fingerprint density at radius 3 is 2.58 bits per heavy atom. The number of aliphatic hydroxyl groups excluding tert-OH is 1. The van der Waals surface area contributed by atoms with E-state index in [2.05, 4.69) is 18.7 Å². The molecule has 19 heavy (non-hydrogen) atoms. The van der Waals surface area contributed by atoms with Crippen LogP contribution in [0.25, 0.3) is 0 Å². The molecule has 0 atom stereocenters. The second-order valence-electron chi connectivity index (χ2n) is 4.84. The Labute approximate surface area is 114 Å². The van der Waals surface area contributed by atoms with Gasteiger partial charge >= 0.3 is 0 Å². The first-order valence-corrected chi connectivity index (χ1v) is 6.63. The summed E-state index contributed by atoms with van der Waals surface area (Å²) >= 11 is 0. The molecule has 0 amide bonds. The highest BCUT2D eigenvalue weighted by Crippen LogP contribution is 2.18. The Balaban J connectivity index is 2.66. The van der Waals surface area contributed by atoms with Crippen LogP contribution in [0.4, 0.5) is 5.69 Å². The lowest BCUT2D eigenvalue weighted by molar-refractivity contribution is -0.385. The highest BCUT2D eigenvalue weighted by atomic mass is 16.6. The maximum absolute atomic E-state index is 10.9. The SMILES string of the molecule is CC(C)N(CCCO)CCc1ccccc1[N+](=O)[O-]. The van der Waals surface area contributed by atoms with Crippen LogP contribution in [0.15, 0.2) is 24.3 Å². The largest absolute Gasteiger partial charge is 0.396 e. The first-order valence-electron chi connectivity index (χ1n) is 6.63. The van der Waals surface area contributed by atoms with E-state index in [9.17, 15) is 10.1 Å². The van der Waals surface area contributed by atoms with Crippen molar-refractivity contribution in [2.45, 2.75) is 32.7 Å². The molecule has 5 heteroatoms. The summed E-state index contributed by atoms with van der Waals surface area (Å²) in [4.78, 5) is 12.8. The average Bonchev–Trinajstić information content (AvgIpc) is 2.38. The van der Waals surface area contributed by atoms with E-state index in [4.69, 9.17) is 5.11 Å². The molecule has 0 aliphatic rings. The van der Waals surface area contributed by atoms with Gasteiger partial charge in [-0.2, -0.15) is 0 Å². The zero-order valence-electron chi connectivity index (χ0n) is 11.6. The third-order valence-corrected chi connectivity index (χ3v) is 3.19. The minimum atomic E-state index is -0.331. The number of para-hydroxylation sites is 1. The summed E-state index contributed by atoms with van der Waals surface area (Å²) in [5.41, 5.74) is 0.954. The van der Waals surface area contributed by atoms with Crippen molar-refractivity contribution in [2.75, 3.05) is 19.7 Å².